The van der Waals surface area contributed by atoms with E-state index in [2.05, 4.69) is 57.6 Å². The predicted molar refractivity (Wildman–Crippen MR) is 87.5 cm³/mol. The highest BCUT2D eigenvalue weighted by atomic mass is 15.2. The number of benzene rings is 1. The quantitative estimate of drug-likeness (QED) is 0.866. The van der Waals surface area contributed by atoms with E-state index >= 15 is 0 Å². The first-order valence-corrected chi connectivity index (χ1v) is 8.32. The largest absolute Gasteiger partial charge is 0.296 e. The molecule has 2 aliphatic rings. The summed E-state index contributed by atoms with van der Waals surface area (Å²) < 4.78 is 0. The number of likely N-dealkylation sites (tertiary alicyclic amines) is 1. The van der Waals surface area contributed by atoms with Crippen molar-refractivity contribution in [1.82, 2.24) is 15.1 Å². The summed E-state index contributed by atoms with van der Waals surface area (Å²) in [5.41, 5.74) is 4.11. The molecule has 1 unspecified atom stereocenters. The first-order chi connectivity index (χ1) is 10.8. The van der Waals surface area contributed by atoms with E-state index in [1.165, 1.54) is 31.4 Å². The van der Waals surface area contributed by atoms with Gasteiger partial charge in [0.05, 0.1) is 11.4 Å². The first kappa shape index (κ1) is 13.9. The van der Waals surface area contributed by atoms with Crippen molar-refractivity contribution in [2.24, 2.45) is 5.41 Å². The lowest BCUT2D eigenvalue weighted by atomic mass is 9.61. The molecule has 0 radical (unpaired) electrons. The molecule has 2 aromatic rings. The third kappa shape index (κ3) is 2.44. The van der Waals surface area contributed by atoms with Crippen LogP contribution in [0, 0.1) is 12.3 Å². The van der Waals surface area contributed by atoms with Crippen molar-refractivity contribution in [2.45, 2.75) is 38.6 Å². The van der Waals surface area contributed by atoms with Gasteiger partial charge in [0.15, 0.2) is 0 Å². The molecule has 3 heteroatoms. The van der Waals surface area contributed by atoms with Crippen LogP contribution in [0.25, 0.3) is 0 Å². The minimum Gasteiger partial charge on any atom is -0.296 e. The zero-order chi connectivity index (χ0) is 15.0. The van der Waals surface area contributed by atoms with Gasteiger partial charge in [0.2, 0.25) is 0 Å². The molecule has 0 bridgehead atoms. The van der Waals surface area contributed by atoms with Crippen LogP contribution in [0.3, 0.4) is 0 Å². The average molecular weight is 293 g/mol. The van der Waals surface area contributed by atoms with Crippen LogP contribution in [-0.2, 0) is 6.54 Å². The molecule has 1 aliphatic heterocycles. The second-order valence-electron chi connectivity index (χ2n) is 7.01. The molecule has 1 aromatic heterocycles. The van der Waals surface area contributed by atoms with Gasteiger partial charge in [-0.1, -0.05) is 36.8 Å². The first-order valence-electron chi connectivity index (χ1n) is 8.32. The zero-order valence-electron chi connectivity index (χ0n) is 13.2. The molecular formula is C19H23N3. The van der Waals surface area contributed by atoms with Crippen molar-refractivity contribution >= 4 is 0 Å². The van der Waals surface area contributed by atoms with E-state index in [0.717, 1.165) is 24.5 Å². The van der Waals surface area contributed by atoms with Gasteiger partial charge in [-0.2, -0.15) is 10.2 Å². The van der Waals surface area contributed by atoms with Crippen molar-refractivity contribution in [3.05, 3.63) is 59.4 Å². The van der Waals surface area contributed by atoms with Crippen LogP contribution in [0.15, 0.2) is 42.5 Å². The van der Waals surface area contributed by atoms with E-state index < -0.39 is 0 Å². The summed E-state index contributed by atoms with van der Waals surface area (Å²) in [6.45, 7) is 5.28. The Morgan fingerprint density at radius 1 is 1.09 bits per heavy atom. The SMILES string of the molecule is Cc1ccc(CN2CC(c3ccccc3)C3(CCC3)C2)nn1. The molecule has 0 amide bonds. The van der Waals surface area contributed by atoms with Gasteiger partial charge in [0.1, 0.15) is 0 Å². The van der Waals surface area contributed by atoms with Crippen LogP contribution in [0.5, 0.6) is 0 Å². The van der Waals surface area contributed by atoms with Gasteiger partial charge in [-0.3, -0.25) is 4.90 Å². The van der Waals surface area contributed by atoms with E-state index in [9.17, 15) is 0 Å². The van der Waals surface area contributed by atoms with Crippen molar-refractivity contribution in [2.75, 3.05) is 13.1 Å². The van der Waals surface area contributed by atoms with Crippen LogP contribution >= 0.6 is 0 Å². The molecule has 2 heterocycles. The molecule has 0 N–H and O–H groups in total. The Bertz CT molecular complexity index is 631. The van der Waals surface area contributed by atoms with Gasteiger partial charge >= 0.3 is 0 Å². The fourth-order valence-electron chi connectivity index (χ4n) is 4.21. The van der Waals surface area contributed by atoms with Gasteiger partial charge in [-0.25, -0.2) is 0 Å². The molecular weight excluding hydrogens is 270 g/mol. The van der Waals surface area contributed by atoms with E-state index in [1.54, 1.807) is 0 Å². The Hall–Kier alpha value is -1.74. The zero-order valence-corrected chi connectivity index (χ0v) is 13.2. The molecule has 4 rings (SSSR count). The minimum absolute atomic E-state index is 0.513. The van der Waals surface area contributed by atoms with E-state index in [0.29, 0.717) is 11.3 Å². The van der Waals surface area contributed by atoms with Crippen molar-refractivity contribution < 1.29 is 0 Å². The van der Waals surface area contributed by atoms with E-state index in [1.807, 2.05) is 6.92 Å². The number of aryl methyl sites for hydroxylation is 1. The van der Waals surface area contributed by atoms with Crippen LogP contribution in [0.1, 0.15) is 42.1 Å². The lowest BCUT2D eigenvalue weighted by Gasteiger charge is -2.43. The van der Waals surface area contributed by atoms with Gasteiger partial charge in [0.25, 0.3) is 0 Å². The fraction of sp³-hybridized carbons (Fsp3) is 0.474. The Kier molecular flexibility index (Phi) is 3.45. The number of hydrogen-bond acceptors (Lipinski definition) is 3. The third-order valence-electron chi connectivity index (χ3n) is 5.51. The lowest BCUT2D eigenvalue weighted by Crippen LogP contribution is -2.36. The molecule has 1 aromatic carbocycles. The molecule has 22 heavy (non-hydrogen) atoms. The standard InChI is InChI=1S/C19H23N3/c1-15-8-9-17(21-20-15)12-22-13-18(16-6-3-2-4-7-16)19(14-22)10-5-11-19/h2-4,6-9,18H,5,10-14H2,1H3. The summed E-state index contributed by atoms with van der Waals surface area (Å²) >= 11 is 0. The monoisotopic (exact) mass is 293 g/mol. The summed E-state index contributed by atoms with van der Waals surface area (Å²) in [6, 6.07) is 15.3. The van der Waals surface area contributed by atoms with Crippen LogP contribution in [-0.4, -0.2) is 28.2 Å². The molecule has 3 nitrogen and oxygen atoms in total. The summed E-state index contributed by atoms with van der Waals surface area (Å²) in [4.78, 5) is 2.58. The van der Waals surface area contributed by atoms with Gasteiger partial charge in [0, 0.05) is 25.6 Å². The Morgan fingerprint density at radius 3 is 2.55 bits per heavy atom. The average Bonchev–Trinajstić information content (AvgIpc) is 2.90. The van der Waals surface area contributed by atoms with Crippen molar-refractivity contribution in [3.63, 3.8) is 0 Å². The fourth-order valence-corrected chi connectivity index (χ4v) is 4.21. The molecule has 2 fully saturated rings. The lowest BCUT2D eigenvalue weighted by molar-refractivity contribution is 0.120. The topological polar surface area (TPSA) is 29.0 Å². The normalized spacial score (nSPS) is 23.6. The molecule has 1 aliphatic carbocycles. The van der Waals surface area contributed by atoms with Crippen LogP contribution in [0.4, 0.5) is 0 Å². The maximum Gasteiger partial charge on any atom is 0.0771 e. The number of hydrogen-bond donors (Lipinski definition) is 0. The Morgan fingerprint density at radius 2 is 1.91 bits per heavy atom. The molecule has 1 saturated heterocycles. The smallest absolute Gasteiger partial charge is 0.0771 e. The molecule has 114 valence electrons. The van der Waals surface area contributed by atoms with E-state index in [-0.39, 0.29) is 0 Å². The van der Waals surface area contributed by atoms with Crippen molar-refractivity contribution in [3.8, 4) is 0 Å². The number of aromatic nitrogens is 2. The third-order valence-corrected chi connectivity index (χ3v) is 5.51. The van der Waals surface area contributed by atoms with Gasteiger partial charge < -0.3 is 0 Å². The molecule has 1 saturated carbocycles. The second-order valence-corrected chi connectivity index (χ2v) is 7.01. The highest BCUT2D eigenvalue weighted by Gasteiger charge is 2.50. The number of rotatable bonds is 3. The summed E-state index contributed by atoms with van der Waals surface area (Å²) in [7, 11) is 0. The summed E-state index contributed by atoms with van der Waals surface area (Å²) in [5.74, 6) is 0.681. The second kappa shape index (κ2) is 5.47. The van der Waals surface area contributed by atoms with Crippen LogP contribution < -0.4 is 0 Å². The Labute approximate surface area is 132 Å². The number of nitrogens with zero attached hydrogens (tertiary/aromatic N) is 3. The summed E-state index contributed by atoms with van der Waals surface area (Å²) in [6.07, 6.45) is 4.15. The molecule has 1 spiro atoms. The highest BCUT2D eigenvalue weighted by molar-refractivity contribution is 5.26. The van der Waals surface area contributed by atoms with Gasteiger partial charge in [-0.15, -0.1) is 0 Å². The summed E-state index contributed by atoms with van der Waals surface area (Å²) in [5, 5.41) is 8.53. The highest BCUT2D eigenvalue weighted by Crippen LogP contribution is 2.55. The predicted octanol–water partition coefficient (Wildman–Crippen LogP) is 3.55. The maximum absolute atomic E-state index is 4.34. The van der Waals surface area contributed by atoms with Crippen molar-refractivity contribution in [1.29, 1.82) is 0 Å². The Balaban J connectivity index is 1.53. The van der Waals surface area contributed by atoms with Crippen LogP contribution in [0.2, 0.25) is 0 Å². The maximum atomic E-state index is 4.34. The van der Waals surface area contributed by atoms with E-state index in [4.69, 9.17) is 0 Å². The van der Waals surface area contributed by atoms with Gasteiger partial charge in [-0.05, 0) is 42.9 Å². The minimum atomic E-state index is 0.513. The molecule has 1 atom stereocenters.